The Morgan fingerprint density at radius 3 is 2.62 bits per heavy atom. The molecule has 0 saturated heterocycles. The Kier molecular flexibility index (Phi) is 2.94. The number of thiophene rings is 1. The Hall–Kier alpha value is -2.42. The average Bonchev–Trinajstić information content (AvgIpc) is 3.03. The van der Waals surface area contributed by atoms with Gasteiger partial charge in [0.2, 0.25) is 0 Å². The zero-order chi connectivity index (χ0) is 15.2. The highest BCUT2D eigenvalue weighted by Gasteiger charge is 2.30. The van der Waals surface area contributed by atoms with Crippen LogP contribution in [0.2, 0.25) is 0 Å². The molecule has 1 aromatic carbocycles. The molecule has 3 rings (SSSR count). The van der Waals surface area contributed by atoms with Crippen LogP contribution in [-0.4, -0.2) is 14.9 Å². The van der Waals surface area contributed by atoms with Crippen molar-refractivity contribution in [1.82, 2.24) is 9.97 Å². The van der Waals surface area contributed by atoms with Gasteiger partial charge in [-0.15, -0.1) is 0 Å². The summed E-state index contributed by atoms with van der Waals surface area (Å²) in [7, 11) is 0. The largest absolute Gasteiger partial charge is 0.416 e. The lowest BCUT2D eigenvalue weighted by Gasteiger charge is -2.05. The topological polar surface area (TPSA) is 71.8 Å². The van der Waals surface area contributed by atoms with Crippen molar-refractivity contribution < 1.29 is 18.1 Å². The van der Waals surface area contributed by atoms with Crippen molar-refractivity contribution in [1.29, 1.82) is 0 Å². The molecule has 5 nitrogen and oxygen atoms in total. The first-order valence-corrected chi connectivity index (χ1v) is 6.48. The molecule has 2 aromatic heterocycles. The normalized spacial score (nSPS) is 12.0. The third-order valence-electron chi connectivity index (χ3n) is 2.81. The second kappa shape index (κ2) is 4.55. The monoisotopic (exact) mass is 313 g/mol. The number of nitro groups is 1. The lowest BCUT2D eigenvalue weighted by molar-refractivity contribution is -0.380. The maximum Gasteiger partial charge on any atom is 0.416 e. The molecular weight excluding hydrogens is 307 g/mol. The molecule has 0 amide bonds. The number of aromatic nitrogens is 2. The summed E-state index contributed by atoms with van der Waals surface area (Å²) in [6, 6.07) is 6.01. The quantitative estimate of drug-likeness (QED) is 0.569. The number of alkyl halides is 3. The summed E-state index contributed by atoms with van der Waals surface area (Å²) < 4.78 is 37.9. The van der Waals surface area contributed by atoms with Gasteiger partial charge in [0.1, 0.15) is 5.82 Å². The SMILES string of the molecule is O=[N+]([O-])c1ccc(-c2nc3ccc(C(F)(F)F)cc3[nH]2)s1. The zero-order valence-electron chi connectivity index (χ0n) is 10.1. The van der Waals surface area contributed by atoms with Crippen LogP contribution < -0.4 is 0 Å². The molecule has 21 heavy (non-hydrogen) atoms. The molecule has 0 saturated carbocycles. The van der Waals surface area contributed by atoms with Crippen LogP contribution in [0.25, 0.3) is 21.7 Å². The van der Waals surface area contributed by atoms with E-state index in [1.807, 2.05) is 0 Å². The molecule has 0 unspecified atom stereocenters. The number of hydrogen-bond acceptors (Lipinski definition) is 4. The van der Waals surface area contributed by atoms with Crippen molar-refractivity contribution >= 4 is 27.4 Å². The van der Waals surface area contributed by atoms with Crippen molar-refractivity contribution in [2.24, 2.45) is 0 Å². The van der Waals surface area contributed by atoms with Crippen LogP contribution in [0, 0.1) is 10.1 Å². The Morgan fingerprint density at radius 2 is 2.00 bits per heavy atom. The van der Waals surface area contributed by atoms with E-state index in [4.69, 9.17) is 0 Å². The van der Waals surface area contributed by atoms with Crippen LogP contribution in [0.15, 0.2) is 30.3 Å². The van der Waals surface area contributed by atoms with Gasteiger partial charge < -0.3 is 4.98 Å². The van der Waals surface area contributed by atoms with Gasteiger partial charge in [0.05, 0.1) is 26.4 Å². The first kappa shape index (κ1) is 13.6. The number of halogens is 3. The van der Waals surface area contributed by atoms with Crippen molar-refractivity contribution in [2.75, 3.05) is 0 Å². The number of hydrogen-bond donors (Lipinski definition) is 1. The molecule has 3 aromatic rings. The molecule has 0 bridgehead atoms. The lowest BCUT2D eigenvalue weighted by atomic mass is 10.2. The highest BCUT2D eigenvalue weighted by molar-refractivity contribution is 7.18. The standard InChI is InChI=1S/C12H6F3N3O2S/c13-12(14,15)6-1-2-7-8(5-6)17-11(16-7)9-3-4-10(21-9)18(19)20/h1-5H,(H,16,17). The van der Waals surface area contributed by atoms with Gasteiger partial charge in [-0.05, 0) is 24.3 Å². The average molecular weight is 313 g/mol. The smallest absolute Gasteiger partial charge is 0.337 e. The van der Waals surface area contributed by atoms with Crippen LogP contribution in [-0.2, 0) is 6.18 Å². The van der Waals surface area contributed by atoms with Crippen LogP contribution in [0.5, 0.6) is 0 Å². The van der Waals surface area contributed by atoms with E-state index in [1.54, 1.807) is 0 Å². The van der Waals surface area contributed by atoms with E-state index in [9.17, 15) is 23.3 Å². The van der Waals surface area contributed by atoms with E-state index in [0.717, 1.165) is 23.5 Å². The van der Waals surface area contributed by atoms with Crippen LogP contribution in [0.4, 0.5) is 18.2 Å². The van der Waals surface area contributed by atoms with Gasteiger partial charge in [-0.25, -0.2) is 4.98 Å². The molecule has 0 aliphatic heterocycles. The Morgan fingerprint density at radius 1 is 1.24 bits per heavy atom. The maximum absolute atomic E-state index is 12.6. The summed E-state index contributed by atoms with van der Waals surface area (Å²) in [5.41, 5.74) is -0.174. The zero-order valence-corrected chi connectivity index (χ0v) is 11.0. The van der Waals surface area contributed by atoms with Gasteiger partial charge >= 0.3 is 11.2 Å². The third kappa shape index (κ3) is 2.47. The number of nitrogens with zero attached hydrogens (tertiary/aromatic N) is 2. The van der Waals surface area contributed by atoms with E-state index in [0.29, 0.717) is 16.2 Å². The van der Waals surface area contributed by atoms with Crippen molar-refractivity contribution in [3.63, 3.8) is 0 Å². The van der Waals surface area contributed by atoms with E-state index in [1.165, 1.54) is 18.2 Å². The minimum absolute atomic E-state index is 0.0542. The summed E-state index contributed by atoms with van der Waals surface area (Å²) >= 11 is 0.904. The highest BCUT2D eigenvalue weighted by Crippen LogP contribution is 2.34. The molecule has 0 aliphatic carbocycles. The van der Waals surface area contributed by atoms with Crippen LogP contribution in [0.3, 0.4) is 0 Å². The summed E-state index contributed by atoms with van der Waals surface area (Å²) in [4.78, 5) is 17.5. The van der Waals surface area contributed by atoms with Gasteiger partial charge in [0, 0.05) is 6.07 Å². The first-order chi connectivity index (χ1) is 9.84. The van der Waals surface area contributed by atoms with E-state index < -0.39 is 16.7 Å². The number of imidazole rings is 1. The van der Waals surface area contributed by atoms with E-state index in [2.05, 4.69) is 9.97 Å². The highest BCUT2D eigenvalue weighted by atomic mass is 32.1. The number of nitrogens with one attached hydrogen (secondary N) is 1. The second-order valence-electron chi connectivity index (χ2n) is 4.21. The van der Waals surface area contributed by atoms with E-state index in [-0.39, 0.29) is 10.5 Å². The van der Waals surface area contributed by atoms with Crippen molar-refractivity contribution in [3.05, 3.63) is 46.0 Å². The molecule has 9 heteroatoms. The predicted octanol–water partition coefficient (Wildman–Crippen LogP) is 4.22. The van der Waals surface area contributed by atoms with Gasteiger partial charge in [-0.1, -0.05) is 11.3 Å². The summed E-state index contributed by atoms with van der Waals surface area (Å²) in [6.45, 7) is 0. The second-order valence-corrected chi connectivity index (χ2v) is 5.27. The minimum Gasteiger partial charge on any atom is -0.337 e. The molecule has 0 radical (unpaired) electrons. The number of H-pyrrole nitrogens is 1. The van der Waals surface area contributed by atoms with Crippen molar-refractivity contribution in [3.8, 4) is 10.7 Å². The molecule has 0 aliphatic rings. The Bertz CT molecular complexity index is 838. The third-order valence-corrected chi connectivity index (χ3v) is 3.86. The van der Waals surface area contributed by atoms with Gasteiger partial charge in [-0.3, -0.25) is 10.1 Å². The molecule has 108 valence electrons. The number of aromatic amines is 1. The van der Waals surface area contributed by atoms with Crippen LogP contribution >= 0.6 is 11.3 Å². The Balaban J connectivity index is 2.06. The van der Waals surface area contributed by atoms with Gasteiger partial charge in [0.15, 0.2) is 0 Å². The lowest BCUT2D eigenvalue weighted by Crippen LogP contribution is -2.04. The summed E-state index contributed by atoms with van der Waals surface area (Å²) in [5, 5.41) is 10.6. The van der Waals surface area contributed by atoms with Crippen LogP contribution in [0.1, 0.15) is 5.56 Å². The molecule has 1 N–H and O–H groups in total. The molecule has 2 heterocycles. The number of benzene rings is 1. The van der Waals surface area contributed by atoms with Gasteiger partial charge in [-0.2, -0.15) is 13.2 Å². The first-order valence-electron chi connectivity index (χ1n) is 5.66. The van der Waals surface area contributed by atoms with Gasteiger partial charge in [0.25, 0.3) is 0 Å². The molecule has 0 atom stereocenters. The molecule has 0 fully saturated rings. The fourth-order valence-corrected chi connectivity index (χ4v) is 2.62. The summed E-state index contributed by atoms with van der Waals surface area (Å²) in [6.07, 6.45) is -4.43. The molecule has 0 spiro atoms. The van der Waals surface area contributed by atoms with E-state index >= 15 is 0 Å². The Labute approximate surface area is 119 Å². The summed E-state index contributed by atoms with van der Waals surface area (Å²) in [5.74, 6) is 0.308. The molecular formula is C12H6F3N3O2S. The van der Waals surface area contributed by atoms with Crippen molar-refractivity contribution in [2.45, 2.75) is 6.18 Å². The maximum atomic E-state index is 12.6. The number of rotatable bonds is 2. The fourth-order valence-electron chi connectivity index (χ4n) is 1.86. The predicted molar refractivity (Wildman–Crippen MR) is 71.1 cm³/mol. The minimum atomic E-state index is -4.43. The number of fused-ring (bicyclic) bond motifs is 1. The fraction of sp³-hybridized carbons (Fsp3) is 0.0833.